The van der Waals surface area contributed by atoms with Gasteiger partial charge in [-0.3, -0.25) is 8.77 Å². The topological polar surface area (TPSA) is 34.9 Å². The summed E-state index contributed by atoms with van der Waals surface area (Å²) in [5, 5.41) is 0.302. The Bertz CT molecular complexity index is 342. The fourth-order valence-electron chi connectivity index (χ4n) is 1.96. The van der Waals surface area contributed by atoms with E-state index < -0.39 is 0 Å². The third kappa shape index (κ3) is 2.62. The summed E-state index contributed by atoms with van der Waals surface area (Å²) in [5.41, 5.74) is 1.03. The second kappa shape index (κ2) is 4.84. The van der Waals surface area contributed by atoms with E-state index in [1.807, 2.05) is 10.9 Å². The number of hydrogen-bond acceptors (Lipinski definition) is 3. The lowest BCUT2D eigenvalue weighted by molar-refractivity contribution is -0.115. The Morgan fingerprint density at radius 2 is 2.20 bits per heavy atom. The molecule has 0 bridgehead atoms. The van der Waals surface area contributed by atoms with E-state index in [1.165, 1.54) is 31.2 Å². The molecule has 0 aliphatic heterocycles. The smallest absolute Gasteiger partial charge is 0.212 e. The molecule has 1 heterocycles. The van der Waals surface area contributed by atoms with Crippen LogP contribution in [-0.4, -0.2) is 14.1 Å². The van der Waals surface area contributed by atoms with Crippen LogP contribution in [-0.2, 0) is 4.79 Å². The van der Waals surface area contributed by atoms with Crippen molar-refractivity contribution in [3.8, 4) is 0 Å². The Morgan fingerprint density at radius 1 is 1.47 bits per heavy atom. The number of nitrogens with zero attached hydrogens (tertiary/aromatic N) is 2. The highest BCUT2D eigenvalue weighted by molar-refractivity contribution is 8.12. The van der Waals surface area contributed by atoms with Gasteiger partial charge in [-0.15, -0.1) is 0 Å². The monoisotopic (exact) mass is 224 g/mol. The second-order valence-corrected chi connectivity index (χ2v) is 5.08. The van der Waals surface area contributed by atoms with Crippen molar-refractivity contribution in [2.45, 2.75) is 39.0 Å². The first-order valence-electron chi connectivity index (χ1n) is 5.48. The van der Waals surface area contributed by atoms with Gasteiger partial charge < -0.3 is 0 Å². The molecule has 1 fully saturated rings. The minimum absolute atomic E-state index is 0.269. The van der Waals surface area contributed by atoms with E-state index in [-0.39, 0.29) is 5.92 Å². The van der Waals surface area contributed by atoms with Crippen molar-refractivity contribution in [1.29, 1.82) is 0 Å². The summed E-state index contributed by atoms with van der Waals surface area (Å²) < 4.78 is 1.86. The van der Waals surface area contributed by atoms with Crippen LogP contribution in [0.3, 0.4) is 0 Å². The highest BCUT2D eigenvalue weighted by atomic mass is 32.2. The molecule has 0 N–H and O–H groups in total. The zero-order chi connectivity index (χ0) is 10.7. The van der Waals surface area contributed by atoms with Crippen molar-refractivity contribution in [1.82, 2.24) is 8.96 Å². The minimum Gasteiger partial charge on any atom is -0.285 e. The maximum absolute atomic E-state index is 11.9. The van der Waals surface area contributed by atoms with Crippen LogP contribution in [0.5, 0.6) is 0 Å². The molecule has 82 valence electrons. The number of carbonyl (C=O) groups excluding carboxylic acids is 1. The van der Waals surface area contributed by atoms with E-state index in [2.05, 4.69) is 4.98 Å². The van der Waals surface area contributed by atoms with Gasteiger partial charge in [-0.05, 0) is 19.8 Å². The maximum atomic E-state index is 11.9. The van der Waals surface area contributed by atoms with E-state index in [0.717, 1.165) is 18.5 Å². The predicted molar refractivity (Wildman–Crippen MR) is 61.5 cm³/mol. The molecule has 0 spiro atoms. The van der Waals surface area contributed by atoms with Crippen LogP contribution < -0.4 is 0 Å². The Kier molecular flexibility index (Phi) is 3.46. The van der Waals surface area contributed by atoms with Gasteiger partial charge in [0.15, 0.2) is 0 Å². The summed E-state index contributed by atoms with van der Waals surface area (Å²) in [6, 6.07) is 0. The second-order valence-electron chi connectivity index (χ2n) is 4.11. The SMILES string of the molecule is Cc1cncn1SC(=O)C1CCCCC1. The third-order valence-corrected chi connectivity index (χ3v) is 4.00. The number of aromatic nitrogens is 2. The molecule has 1 aliphatic carbocycles. The molecule has 15 heavy (non-hydrogen) atoms. The average molecular weight is 224 g/mol. The molecule has 4 heteroatoms. The van der Waals surface area contributed by atoms with E-state index in [0.29, 0.717) is 5.12 Å². The lowest BCUT2D eigenvalue weighted by Crippen LogP contribution is -2.16. The Hall–Kier alpha value is -0.770. The van der Waals surface area contributed by atoms with E-state index in [9.17, 15) is 4.79 Å². The molecule has 0 aromatic carbocycles. The minimum atomic E-state index is 0.269. The molecule has 0 amide bonds. The normalized spacial score (nSPS) is 17.9. The van der Waals surface area contributed by atoms with E-state index in [1.54, 1.807) is 12.5 Å². The van der Waals surface area contributed by atoms with Gasteiger partial charge in [-0.25, -0.2) is 4.98 Å². The van der Waals surface area contributed by atoms with E-state index in [4.69, 9.17) is 0 Å². The van der Waals surface area contributed by atoms with Crippen molar-refractivity contribution in [2.75, 3.05) is 0 Å². The van der Waals surface area contributed by atoms with Crippen LogP contribution >= 0.6 is 11.9 Å². The van der Waals surface area contributed by atoms with Gasteiger partial charge in [-0.1, -0.05) is 19.3 Å². The molecule has 1 saturated carbocycles. The van der Waals surface area contributed by atoms with Crippen LogP contribution in [0.15, 0.2) is 12.5 Å². The van der Waals surface area contributed by atoms with Crippen LogP contribution in [0, 0.1) is 12.8 Å². The highest BCUT2D eigenvalue weighted by Crippen LogP contribution is 2.28. The molecular formula is C11H16N2OS. The fraction of sp³-hybridized carbons (Fsp3) is 0.636. The summed E-state index contributed by atoms with van der Waals surface area (Å²) in [7, 11) is 0. The van der Waals surface area contributed by atoms with Gasteiger partial charge in [0.2, 0.25) is 5.12 Å². The zero-order valence-electron chi connectivity index (χ0n) is 8.98. The van der Waals surface area contributed by atoms with Crippen molar-refractivity contribution >= 4 is 17.1 Å². The van der Waals surface area contributed by atoms with Crippen LogP contribution in [0.25, 0.3) is 0 Å². The van der Waals surface area contributed by atoms with Crippen LogP contribution in [0.1, 0.15) is 37.8 Å². The molecule has 0 unspecified atom stereocenters. The lowest BCUT2D eigenvalue weighted by Gasteiger charge is -2.19. The Balaban J connectivity index is 1.94. The fourth-order valence-corrected chi connectivity index (χ4v) is 2.83. The quantitative estimate of drug-likeness (QED) is 0.774. The number of aryl methyl sites for hydroxylation is 1. The van der Waals surface area contributed by atoms with E-state index >= 15 is 0 Å². The summed E-state index contributed by atoms with van der Waals surface area (Å²) in [6.45, 7) is 1.97. The van der Waals surface area contributed by atoms with Gasteiger partial charge in [0.05, 0.1) is 0 Å². The maximum Gasteiger partial charge on any atom is 0.212 e. The Labute approximate surface area is 94.4 Å². The van der Waals surface area contributed by atoms with Gasteiger partial charge in [0, 0.05) is 29.8 Å². The number of carbonyl (C=O) groups is 1. The number of rotatable bonds is 2. The third-order valence-electron chi connectivity index (χ3n) is 2.91. The number of hydrogen-bond donors (Lipinski definition) is 0. The molecule has 0 atom stereocenters. The van der Waals surface area contributed by atoms with Crippen molar-refractivity contribution in [3.63, 3.8) is 0 Å². The van der Waals surface area contributed by atoms with Gasteiger partial charge in [0.1, 0.15) is 6.33 Å². The molecule has 0 radical (unpaired) electrons. The molecule has 1 aromatic rings. The summed E-state index contributed by atoms with van der Waals surface area (Å²) >= 11 is 1.30. The summed E-state index contributed by atoms with van der Waals surface area (Å²) in [6.07, 6.45) is 9.33. The molecule has 3 nitrogen and oxygen atoms in total. The number of imidazole rings is 1. The Morgan fingerprint density at radius 3 is 2.80 bits per heavy atom. The first-order chi connectivity index (χ1) is 7.27. The molecule has 0 saturated heterocycles. The first kappa shape index (κ1) is 10.7. The van der Waals surface area contributed by atoms with Gasteiger partial charge in [-0.2, -0.15) is 0 Å². The zero-order valence-corrected chi connectivity index (χ0v) is 9.80. The van der Waals surface area contributed by atoms with Crippen LogP contribution in [0.4, 0.5) is 0 Å². The summed E-state index contributed by atoms with van der Waals surface area (Å²) in [4.78, 5) is 15.9. The average Bonchev–Trinajstić information content (AvgIpc) is 2.66. The van der Waals surface area contributed by atoms with Gasteiger partial charge in [0.25, 0.3) is 0 Å². The van der Waals surface area contributed by atoms with Crippen molar-refractivity contribution in [3.05, 3.63) is 18.2 Å². The molecule has 2 rings (SSSR count). The van der Waals surface area contributed by atoms with Crippen LogP contribution in [0.2, 0.25) is 0 Å². The van der Waals surface area contributed by atoms with Crippen molar-refractivity contribution in [2.24, 2.45) is 5.92 Å². The predicted octanol–water partition coefficient (Wildman–Crippen LogP) is 2.79. The van der Waals surface area contributed by atoms with Crippen molar-refractivity contribution < 1.29 is 4.79 Å². The molecular weight excluding hydrogens is 208 g/mol. The molecule has 1 aromatic heterocycles. The van der Waals surface area contributed by atoms with Gasteiger partial charge >= 0.3 is 0 Å². The first-order valence-corrected chi connectivity index (χ1v) is 6.26. The standard InChI is InChI=1S/C11H16N2OS/c1-9-7-12-8-13(9)15-11(14)10-5-3-2-4-6-10/h7-8,10H,2-6H2,1H3. The summed E-state index contributed by atoms with van der Waals surface area (Å²) in [5.74, 6) is 0.269. The molecule has 1 aliphatic rings. The largest absolute Gasteiger partial charge is 0.285 e. The lowest BCUT2D eigenvalue weighted by atomic mass is 9.90. The highest BCUT2D eigenvalue weighted by Gasteiger charge is 2.22.